The standard InChI is InChI=1S/C15H21NO3/c1-18-12-5-6-15(19-2)13(9-12)14(17)8-11-4-3-7-16-10-11/h5-6,9,11,16H,3-4,7-8,10H2,1-2H3. The predicted octanol–water partition coefficient (Wildman–Crippen LogP) is 2.28. The molecule has 1 N–H and O–H groups in total. The van der Waals surface area contributed by atoms with Crippen LogP contribution in [0.5, 0.6) is 11.5 Å². The molecule has 104 valence electrons. The molecule has 19 heavy (non-hydrogen) atoms. The van der Waals surface area contributed by atoms with Gasteiger partial charge in [-0.1, -0.05) is 0 Å². The van der Waals surface area contributed by atoms with E-state index >= 15 is 0 Å². The van der Waals surface area contributed by atoms with Gasteiger partial charge in [-0.05, 0) is 50.0 Å². The monoisotopic (exact) mass is 263 g/mol. The summed E-state index contributed by atoms with van der Waals surface area (Å²) in [4.78, 5) is 12.4. The van der Waals surface area contributed by atoms with E-state index in [0.717, 1.165) is 25.9 Å². The lowest BCUT2D eigenvalue weighted by atomic mass is 9.91. The first kappa shape index (κ1) is 13.9. The fourth-order valence-corrected chi connectivity index (χ4v) is 2.50. The summed E-state index contributed by atoms with van der Waals surface area (Å²) < 4.78 is 10.4. The van der Waals surface area contributed by atoms with E-state index in [1.165, 1.54) is 0 Å². The van der Waals surface area contributed by atoms with Crippen molar-refractivity contribution in [1.29, 1.82) is 0 Å². The molecule has 0 radical (unpaired) electrons. The minimum absolute atomic E-state index is 0.129. The SMILES string of the molecule is COc1ccc(OC)c(C(=O)CC2CCCNC2)c1. The largest absolute Gasteiger partial charge is 0.497 e. The third-order valence-electron chi connectivity index (χ3n) is 3.58. The van der Waals surface area contributed by atoms with Crippen molar-refractivity contribution in [3.05, 3.63) is 23.8 Å². The van der Waals surface area contributed by atoms with Crippen LogP contribution in [0.1, 0.15) is 29.6 Å². The van der Waals surface area contributed by atoms with Gasteiger partial charge in [-0.3, -0.25) is 4.79 Å². The molecule has 1 aromatic rings. The molecular formula is C15H21NO3. The number of carbonyl (C=O) groups is 1. The second-order valence-corrected chi connectivity index (χ2v) is 4.91. The average Bonchev–Trinajstić information content (AvgIpc) is 2.47. The van der Waals surface area contributed by atoms with Crippen LogP contribution in [0.15, 0.2) is 18.2 Å². The fraction of sp³-hybridized carbons (Fsp3) is 0.533. The third kappa shape index (κ3) is 3.47. The Morgan fingerprint density at radius 1 is 1.37 bits per heavy atom. The number of methoxy groups -OCH3 is 2. The number of ether oxygens (including phenoxy) is 2. The zero-order chi connectivity index (χ0) is 13.7. The molecule has 0 amide bonds. The van der Waals surface area contributed by atoms with E-state index in [9.17, 15) is 4.79 Å². The van der Waals surface area contributed by atoms with Crippen molar-refractivity contribution in [2.24, 2.45) is 5.92 Å². The number of hydrogen-bond acceptors (Lipinski definition) is 4. The lowest BCUT2D eigenvalue weighted by Gasteiger charge is -2.22. The highest BCUT2D eigenvalue weighted by Crippen LogP contribution is 2.27. The van der Waals surface area contributed by atoms with Gasteiger partial charge in [-0.2, -0.15) is 0 Å². The van der Waals surface area contributed by atoms with Crippen molar-refractivity contribution >= 4 is 5.78 Å². The number of piperidine rings is 1. The molecule has 0 aliphatic carbocycles. The molecule has 1 fully saturated rings. The van der Waals surface area contributed by atoms with E-state index in [0.29, 0.717) is 29.4 Å². The van der Waals surface area contributed by atoms with Crippen LogP contribution in [0.2, 0.25) is 0 Å². The van der Waals surface area contributed by atoms with E-state index in [2.05, 4.69) is 5.32 Å². The summed E-state index contributed by atoms with van der Waals surface area (Å²) in [5, 5.41) is 3.33. The zero-order valence-corrected chi connectivity index (χ0v) is 11.6. The van der Waals surface area contributed by atoms with Gasteiger partial charge in [0.15, 0.2) is 5.78 Å². The highest BCUT2D eigenvalue weighted by molar-refractivity contribution is 5.99. The first-order valence-corrected chi connectivity index (χ1v) is 6.70. The van der Waals surface area contributed by atoms with Gasteiger partial charge in [0, 0.05) is 6.42 Å². The number of ketones is 1. The molecule has 1 saturated heterocycles. The molecule has 2 rings (SSSR count). The van der Waals surface area contributed by atoms with Crippen molar-refractivity contribution < 1.29 is 14.3 Å². The Hall–Kier alpha value is -1.55. The minimum atomic E-state index is 0.129. The molecule has 0 saturated carbocycles. The summed E-state index contributed by atoms with van der Waals surface area (Å²) in [6.45, 7) is 1.99. The van der Waals surface area contributed by atoms with Gasteiger partial charge in [0.25, 0.3) is 0 Å². The van der Waals surface area contributed by atoms with Crippen molar-refractivity contribution in [3.8, 4) is 11.5 Å². The van der Waals surface area contributed by atoms with E-state index in [4.69, 9.17) is 9.47 Å². The van der Waals surface area contributed by atoms with Crippen molar-refractivity contribution in [2.75, 3.05) is 27.3 Å². The number of hydrogen-bond donors (Lipinski definition) is 1. The van der Waals surface area contributed by atoms with E-state index in [1.54, 1.807) is 32.4 Å². The second kappa shape index (κ2) is 6.57. The summed E-state index contributed by atoms with van der Waals surface area (Å²) in [5.74, 6) is 1.86. The molecule has 0 spiro atoms. The lowest BCUT2D eigenvalue weighted by molar-refractivity contribution is 0.0950. The van der Waals surface area contributed by atoms with Crippen LogP contribution in [-0.4, -0.2) is 33.1 Å². The topological polar surface area (TPSA) is 47.6 Å². The molecule has 0 bridgehead atoms. The molecular weight excluding hydrogens is 242 g/mol. The van der Waals surface area contributed by atoms with E-state index in [1.807, 2.05) is 0 Å². The molecule has 0 aromatic heterocycles. The van der Waals surface area contributed by atoms with Gasteiger partial charge in [-0.25, -0.2) is 0 Å². The number of benzene rings is 1. The smallest absolute Gasteiger partial charge is 0.167 e. The highest BCUT2D eigenvalue weighted by Gasteiger charge is 2.20. The average molecular weight is 263 g/mol. The highest BCUT2D eigenvalue weighted by atomic mass is 16.5. The summed E-state index contributed by atoms with van der Waals surface area (Å²) in [6, 6.07) is 5.35. The van der Waals surface area contributed by atoms with Gasteiger partial charge in [0.2, 0.25) is 0 Å². The predicted molar refractivity (Wildman–Crippen MR) is 74.1 cm³/mol. The Bertz CT molecular complexity index is 439. The van der Waals surface area contributed by atoms with Crippen LogP contribution in [0.25, 0.3) is 0 Å². The first-order chi connectivity index (χ1) is 9.24. The first-order valence-electron chi connectivity index (χ1n) is 6.70. The summed E-state index contributed by atoms with van der Waals surface area (Å²) in [5.41, 5.74) is 0.618. The number of Topliss-reactive ketones (excluding diaryl/α,β-unsaturated/α-hetero) is 1. The van der Waals surface area contributed by atoms with Crippen molar-refractivity contribution in [3.63, 3.8) is 0 Å². The molecule has 1 atom stereocenters. The van der Waals surface area contributed by atoms with Crippen LogP contribution in [0.3, 0.4) is 0 Å². The maximum atomic E-state index is 12.4. The summed E-state index contributed by atoms with van der Waals surface area (Å²) >= 11 is 0. The van der Waals surface area contributed by atoms with Gasteiger partial charge in [-0.15, -0.1) is 0 Å². The van der Waals surface area contributed by atoms with E-state index < -0.39 is 0 Å². The Morgan fingerprint density at radius 3 is 2.84 bits per heavy atom. The normalized spacial score (nSPS) is 18.9. The van der Waals surface area contributed by atoms with Crippen LogP contribution in [0.4, 0.5) is 0 Å². The zero-order valence-electron chi connectivity index (χ0n) is 11.6. The Labute approximate surface area is 114 Å². The van der Waals surface area contributed by atoms with Crippen molar-refractivity contribution in [1.82, 2.24) is 5.32 Å². The van der Waals surface area contributed by atoms with Crippen LogP contribution < -0.4 is 14.8 Å². The maximum absolute atomic E-state index is 12.4. The minimum Gasteiger partial charge on any atom is -0.497 e. The Morgan fingerprint density at radius 2 is 2.21 bits per heavy atom. The molecule has 1 aliphatic heterocycles. The molecule has 1 aliphatic rings. The summed E-state index contributed by atoms with van der Waals surface area (Å²) in [7, 11) is 3.18. The second-order valence-electron chi connectivity index (χ2n) is 4.91. The Balaban J connectivity index is 2.12. The molecule has 4 nitrogen and oxygen atoms in total. The molecule has 4 heteroatoms. The van der Waals surface area contributed by atoms with Gasteiger partial charge >= 0.3 is 0 Å². The fourth-order valence-electron chi connectivity index (χ4n) is 2.50. The van der Waals surface area contributed by atoms with Crippen molar-refractivity contribution in [2.45, 2.75) is 19.3 Å². The van der Waals surface area contributed by atoms with Gasteiger partial charge in [0.1, 0.15) is 11.5 Å². The third-order valence-corrected chi connectivity index (χ3v) is 3.58. The number of rotatable bonds is 5. The number of carbonyl (C=O) groups excluding carboxylic acids is 1. The number of nitrogens with one attached hydrogen (secondary N) is 1. The molecule has 1 heterocycles. The van der Waals surface area contributed by atoms with Gasteiger partial charge < -0.3 is 14.8 Å². The van der Waals surface area contributed by atoms with Gasteiger partial charge in [0.05, 0.1) is 19.8 Å². The molecule has 1 aromatic carbocycles. The van der Waals surface area contributed by atoms with Crippen LogP contribution in [0, 0.1) is 5.92 Å². The van der Waals surface area contributed by atoms with Crippen LogP contribution in [-0.2, 0) is 0 Å². The Kier molecular flexibility index (Phi) is 4.80. The maximum Gasteiger partial charge on any atom is 0.167 e. The summed E-state index contributed by atoms with van der Waals surface area (Å²) in [6.07, 6.45) is 2.83. The quantitative estimate of drug-likeness (QED) is 0.828. The lowest BCUT2D eigenvalue weighted by Crippen LogP contribution is -2.31. The molecule has 1 unspecified atom stereocenters. The van der Waals surface area contributed by atoms with Crippen LogP contribution >= 0.6 is 0 Å². The van der Waals surface area contributed by atoms with E-state index in [-0.39, 0.29) is 5.78 Å².